The Hall–Kier alpha value is -0.0400. The molecule has 1 fully saturated rings. The molecule has 1 heteroatoms. The summed E-state index contributed by atoms with van der Waals surface area (Å²) in [6.45, 7) is 8.15. The van der Waals surface area contributed by atoms with Crippen molar-refractivity contribution in [3.63, 3.8) is 0 Å². The summed E-state index contributed by atoms with van der Waals surface area (Å²) in [6.07, 6.45) is 9.78. The highest BCUT2D eigenvalue weighted by molar-refractivity contribution is 4.85. The van der Waals surface area contributed by atoms with Gasteiger partial charge in [0.1, 0.15) is 0 Å². The van der Waals surface area contributed by atoms with E-state index < -0.39 is 0 Å². The first-order valence-corrected chi connectivity index (χ1v) is 7.06. The molecule has 1 aliphatic rings. The van der Waals surface area contributed by atoms with Crippen LogP contribution >= 0.6 is 0 Å². The third-order valence-electron chi connectivity index (χ3n) is 4.02. The minimum Gasteiger partial charge on any atom is -0.314 e. The van der Waals surface area contributed by atoms with Crippen LogP contribution < -0.4 is 5.32 Å². The molecule has 1 nitrogen and oxygen atoms in total. The maximum Gasteiger partial charge on any atom is 0.00978 e. The van der Waals surface area contributed by atoms with E-state index in [0.717, 1.165) is 17.9 Å². The summed E-state index contributed by atoms with van der Waals surface area (Å²) in [7, 11) is 0. The first-order valence-electron chi connectivity index (χ1n) is 7.06. The van der Waals surface area contributed by atoms with Gasteiger partial charge in [-0.2, -0.15) is 0 Å². The number of hydrogen-bond donors (Lipinski definition) is 1. The van der Waals surface area contributed by atoms with Gasteiger partial charge in [0.05, 0.1) is 0 Å². The highest BCUT2D eigenvalue weighted by Gasteiger charge is 2.31. The lowest BCUT2D eigenvalue weighted by atomic mass is 9.85. The first kappa shape index (κ1) is 13.0. The van der Waals surface area contributed by atoms with E-state index in [1.54, 1.807) is 0 Å². The molecular weight excluding hydrogens is 182 g/mol. The maximum atomic E-state index is 3.78. The fourth-order valence-corrected chi connectivity index (χ4v) is 3.21. The lowest BCUT2D eigenvalue weighted by Gasteiger charge is -2.29. The molecule has 0 aromatic heterocycles. The van der Waals surface area contributed by atoms with Crippen molar-refractivity contribution in [1.29, 1.82) is 0 Å². The Kier molecular flexibility index (Phi) is 6.31. The van der Waals surface area contributed by atoms with E-state index in [0.29, 0.717) is 0 Å². The Labute approximate surface area is 96.0 Å². The highest BCUT2D eigenvalue weighted by atomic mass is 14.9. The Balaban J connectivity index is 2.45. The largest absolute Gasteiger partial charge is 0.314 e. The standard InChI is InChI=1S/C14H29N/c1-4-8-14(15-11-5-2)13-10-7-9-12(13)6-3/h12-15H,4-11H2,1-3H3. The van der Waals surface area contributed by atoms with Crippen molar-refractivity contribution in [2.75, 3.05) is 6.54 Å². The molecule has 15 heavy (non-hydrogen) atoms. The second-order valence-electron chi connectivity index (χ2n) is 5.11. The zero-order chi connectivity index (χ0) is 11.1. The molecule has 0 amide bonds. The molecule has 0 aliphatic heterocycles. The quantitative estimate of drug-likeness (QED) is 0.671. The molecular formula is C14H29N. The molecule has 0 aromatic rings. The third kappa shape index (κ3) is 3.79. The number of nitrogens with one attached hydrogen (secondary N) is 1. The van der Waals surface area contributed by atoms with E-state index in [1.807, 2.05) is 0 Å². The molecule has 1 N–H and O–H groups in total. The van der Waals surface area contributed by atoms with E-state index in [4.69, 9.17) is 0 Å². The molecule has 0 spiro atoms. The lowest BCUT2D eigenvalue weighted by molar-refractivity contribution is 0.264. The number of hydrogen-bond acceptors (Lipinski definition) is 1. The Morgan fingerprint density at radius 3 is 2.53 bits per heavy atom. The second kappa shape index (κ2) is 7.27. The molecule has 3 atom stereocenters. The molecule has 0 heterocycles. The molecule has 1 aliphatic carbocycles. The van der Waals surface area contributed by atoms with Crippen molar-refractivity contribution in [2.24, 2.45) is 11.8 Å². The van der Waals surface area contributed by atoms with Crippen molar-refractivity contribution in [3.8, 4) is 0 Å². The zero-order valence-electron chi connectivity index (χ0n) is 10.9. The SMILES string of the molecule is CCCNC(CCC)C1CCCC1CC. The van der Waals surface area contributed by atoms with Gasteiger partial charge in [0.2, 0.25) is 0 Å². The summed E-state index contributed by atoms with van der Waals surface area (Å²) >= 11 is 0. The van der Waals surface area contributed by atoms with E-state index in [9.17, 15) is 0 Å². The minimum atomic E-state index is 0.808. The molecule has 3 unspecified atom stereocenters. The van der Waals surface area contributed by atoms with Gasteiger partial charge in [0, 0.05) is 6.04 Å². The summed E-state index contributed by atoms with van der Waals surface area (Å²) in [5.74, 6) is 1.98. The molecule has 0 bridgehead atoms. The normalized spacial score (nSPS) is 28.2. The Morgan fingerprint density at radius 2 is 1.93 bits per heavy atom. The zero-order valence-corrected chi connectivity index (χ0v) is 10.9. The molecule has 0 saturated heterocycles. The summed E-state index contributed by atoms with van der Waals surface area (Å²) < 4.78 is 0. The Morgan fingerprint density at radius 1 is 1.13 bits per heavy atom. The van der Waals surface area contributed by atoms with Gasteiger partial charge in [-0.3, -0.25) is 0 Å². The summed E-state index contributed by atoms with van der Waals surface area (Å²) in [6, 6.07) is 0.808. The highest BCUT2D eigenvalue weighted by Crippen LogP contribution is 2.37. The van der Waals surface area contributed by atoms with Crippen LogP contribution in [0.25, 0.3) is 0 Å². The molecule has 0 radical (unpaired) electrons. The predicted molar refractivity (Wildman–Crippen MR) is 68.1 cm³/mol. The average molecular weight is 211 g/mol. The summed E-state index contributed by atoms with van der Waals surface area (Å²) in [4.78, 5) is 0. The van der Waals surface area contributed by atoms with Gasteiger partial charge in [0.15, 0.2) is 0 Å². The van der Waals surface area contributed by atoms with Crippen LogP contribution in [0.15, 0.2) is 0 Å². The molecule has 1 rings (SSSR count). The molecule has 0 aromatic carbocycles. The average Bonchev–Trinajstić information content (AvgIpc) is 2.72. The molecule has 1 saturated carbocycles. The van der Waals surface area contributed by atoms with Crippen LogP contribution in [-0.4, -0.2) is 12.6 Å². The van der Waals surface area contributed by atoms with Crippen LogP contribution in [0.1, 0.15) is 65.7 Å². The van der Waals surface area contributed by atoms with Crippen LogP contribution in [0.3, 0.4) is 0 Å². The van der Waals surface area contributed by atoms with Crippen LogP contribution in [0.4, 0.5) is 0 Å². The van der Waals surface area contributed by atoms with Gasteiger partial charge < -0.3 is 5.32 Å². The van der Waals surface area contributed by atoms with Crippen molar-refractivity contribution in [1.82, 2.24) is 5.32 Å². The topological polar surface area (TPSA) is 12.0 Å². The third-order valence-corrected chi connectivity index (χ3v) is 4.02. The second-order valence-corrected chi connectivity index (χ2v) is 5.11. The first-order chi connectivity index (χ1) is 7.33. The van der Waals surface area contributed by atoms with Gasteiger partial charge in [-0.15, -0.1) is 0 Å². The fourth-order valence-electron chi connectivity index (χ4n) is 3.21. The van der Waals surface area contributed by atoms with E-state index in [2.05, 4.69) is 26.1 Å². The fraction of sp³-hybridized carbons (Fsp3) is 1.00. The predicted octanol–water partition coefficient (Wildman–Crippen LogP) is 3.98. The van der Waals surface area contributed by atoms with E-state index in [-0.39, 0.29) is 0 Å². The van der Waals surface area contributed by atoms with Gasteiger partial charge >= 0.3 is 0 Å². The lowest BCUT2D eigenvalue weighted by Crippen LogP contribution is -2.38. The van der Waals surface area contributed by atoms with Crippen LogP contribution in [-0.2, 0) is 0 Å². The Bertz CT molecular complexity index is 155. The van der Waals surface area contributed by atoms with Crippen LogP contribution in [0, 0.1) is 11.8 Å². The van der Waals surface area contributed by atoms with Crippen molar-refractivity contribution >= 4 is 0 Å². The summed E-state index contributed by atoms with van der Waals surface area (Å²) in [5, 5.41) is 3.78. The van der Waals surface area contributed by atoms with Gasteiger partial charge in [0.25, 0.3) is 0 Å². The monoisotopic (exact) mass is 211 g/mol. The smallest absolute Gasteiger partial charge is 0.00978 e. The number of rotatable bonds is 7. The minimum absolute atomic E-state index is 0.808. The van der Waals surface area contributed by atoms with E-state index >= 15 is 0 Å². The van der Waals surface area contributed by atoms with Crippen molar-refractivity contribution in [3.05, 3.63) is 0 Å². The summed E-state index contributed by atoms with van der Waals surface area (Å²) in [5.41, 5.74) is 0. The van der Waals surface area contributed by atoms with Gasteiger partial charge in [-0.05, 0) is 37.6 Å². The molecule has 90 valence electrons. The van der Waals surface area contributed by atoms with Crippen molar-refractivity contribution in [2.45, 2.75) is 71.8 Å². The van der Waals surface area contributed by atoms with Gasteiger partial charge in [-0.25, -0.2) is 0 Å². The van der Waals surface area contributed by atoms with Crippen LogP contribution in [0.5, 0.6) is 0 Å². The van der Waals surface area contributed by atoms with Gasteiger partial charge in [-0.1, -0.05) is 46.5 Å². The van der Waals surface area contributed by atoms with Crippen molar-refractivity contribution < 1.29 is 0 Å². The maximum absolute atomic E-state index is 3.78. The van der Waals surface area contributed by atoms with E-state index in [1.165, 1.54) is 51.5 Å². The van der Waals surface area contributed by atoms with Crippen LogP contribution in [0.2, 0.25) is 0 Å².